The van der Waals surface area contributed by atoms with Crippen LogP contribution in [0.4, 0.5) is 4.39 Å². The molecule has 0 aliphatic carbocycles. The van der Waals surface area contributed by atoms with E-state index >= 15 is 0 Å². The Labute approximate surface area is 109 Å². The molecule has 1 rings (SSSR count). The molecule has 0 spiro atoms. The first kappa shape index (κ1) is 15.1. The van der Waals surface area contributed by atoms with E-state index in [1.54, 1.807) is 12.1 Å². The number of halogens is 1. The highest BCUT2D eigenvalue weighted by Gasteiger charge is 2.22. The van der Waals surface area contributed by atoms with Crippen LogP contribution in [0.2, 0.25) is 0 Å². The number of hydrogen-bond acceptors (Lipinski definition) is 2. The first-order valence-electron chi connectivity index (χ1n) is 6.69. The number of nitrogens with one attached hydrogen (secondary N) is 1. The maximum absolute atomic E-state index is 12.8. The summed E-state index contributed by atoms with van der Waals surface area (Å²) in [6.45, 7) is 6.67. The Kier molecular flexibility index (Phi) is 5.76. The molecule has 1 atom stereocenters. The fraction of sp³-hybridized carbons (Fsp3) is 0.600. The molecular formula is C15H24FNO. The molecule has 0 saturated carbocycles. The molecule has 0 amide bonds. The van der Waals surface area contributed by atoms with Crippen LogP contribution in [0.1, 0.15) is 39.2 Å². The van der Waals surface area contributed by atoms with Crippen molar-refractivity contribution < 1.29 is 9.50 Å². The molecule has 2 nitrogen and oxygen atoms in total. The van der Waals surface area contributed by atoms with Gasteiger partial charge in [0.25, 0.3) is 0 Å². The third-order valence-electron chi connectivity index (χ3n) is 3.55. The Bertz CT molecular complexity index is 346. The van der Waals surface area contributed by atoms with Gasteiger partial charge in [0.05, 0.1) is 5.60 Å². The van der Waals surface area contributed by atoms with Crippen molar-refractivity contribution in [2.45, 2.75) is 51.7 Å². The molecule has 0 aliphatic heterocycles. The Morgan fingerprint density at radius 3 is 2.28 bits per heavy atom. The van der Waals surface area contributed by atoms with E-state index in [1.807, 2.05) is 13.8 Å². The van der Waals surface area contributed by atoms with Crippen LogP contribution in [-0.2, 0) is 6.42 Å². The van der Waals surface area contributed by atoms with Gasteiger partial charge >= 0.3 is 0 Å². The minimum Gasteiger partial charge on any atom is -0.389 e. The number of rotatable bonds is 7. The molecule has 3 heteroatoms. The van der Waals surface area contributed by atoms with Crippen molar-refractivity contribution in [3.63, 3.8) is 0 Å². The van der Waals surface area contributed by atoms with Crippen LogP contribution in [0.3, 0.4) is 0 Å². The molecule has 1 unspecified atom stereocenters. The quantitative estimate of drug-likeness (QED) is 0.783. The van der Waals surface area contributed by atoms with Crippen LogP contribution in [-0.4, -0.2) is 23.3 Å². The minimum atomic E-state index is -0.614. The van der Waals surface area contributed by atoms with Crippen molar-refractivity contribution in [2.75, 3.05) is 6.54 Å². The van der Waals surface area contributed by atoms with E-state index in [2.05, 4.69) is 12.2 Å². The average Bonchev–Trinajstić information content (AvgIpc) is 2.39. The first-order valence-corrected chi connectivity index (χ1v) is 6.69. The van der Waals surface area contributed by atoms with Crippen molar-refractivity contribution in [1.29, 1.82) is 0 Å². The van der Waals surface area contributed by atoms with Gasteiger partial charge in [-0.25, -0.2) is 4.39 Å². The molecule has 0 bridgehead atoms. The van der Waals surface area contributed by atoms with Crippen molar-refractivity contribution in [3.05, 3.63) is 35.6 Å². The van der Waals surface area contributed by atoms with Crippen molar-refractivity contribution in [1.82, 2.24) is 5.32 Å². The molecule has 0 heterocycles. The van der Waals surface area contributed by atoms with Crippen LogP contribution < -0.4 is 5.32 Å². The lowest BCUT2D eigenvalue weighted by molar-refractivity contribution is 0.0303. The van der Waals surface area contributed by atoms with Crippen LogP contribution in [0.25, 0.3) is 0 Å². The summed E-state index contributed by atoms with van der Waals surface area (Å²) >= 11 is 0. The van der Waals surface area contributed by atoms with Gasteiger partial charge in [-0.05, 0) is 43.9 Å². The number of aliphatic hydroxyl groups is 1. The van der Waals surface area contributed by atoms with Crippen molar-refractivity contribution in [2.24, 2.45) is 0 Å². The van der Waals surface area contributed by atoms with Gasteiger partial charge in [-0.2, -0.15) is 0 Å². The van der Waals surface area contributed by atoms with Crippen LogP contribution in [0.5, 0.6) is 0 Å². The van der Waals surface area contributed by atoms with Crippen LogP contribution in [0, 0.1) is 5.82 Å². The highest BCUT2D eigenvalue weighted by atomic mass is 19.1. The van der Waals surface area contributed by atoms with Gasteiger partial charge in [-0.3, -0.25) is 0 Å². The van der Waals surface area contributed by atoms with Gasteiger partial charge in [-0.15, -0.1) is 0 Å². The first-order chi connectivity index (χ1) is 8.49. The van der Waals surface area contributed by atoms with Crippen LogP contribution >= 0.6 is 0 Å². The fourth-order valence-electron chi connectivity index (χ4n) is 1.91. The Morgan fingerprint density at radius 2 is 1.78 bits per heavy atom. The Morgan fingerprint density at radius 1 is 1.22 bits per heavy atom. The van der Waals surface area contributed by atoms with Gasteiger partial charge in [-0.1, -0.05) is 26.0 Å². The number of benzene rings is 1. The topological polar surface area (TPSA) is 32.3 Å². The van der Waals surface area contributed by atoms with E-state index in [9.17, 15) is 9.50 Å². The molecule has 102 valence electrons. The predicted molar refractivity (Wildman–Crippen MR) is 73.1 cm³/mol. The summed E-state index contributed by atoms with van der Waals surface area (Å²) in [5, 5.41) is 13.5. The standard InChI is InChI=1S/C15H24FNO/c1-4-15(18,5-2)11-17-12(3)10-13-6-8-14(16)9-7-13/h6-9,12,17-18H,4-5,10-11H2,1-3H3. The smallest absolute Gasteiger partial charge is 0.123 e. The average molecular weight is 253 g/mol. The van der Waals surface area contributed by atoms with Crippen LogP contribution in [0.15, 0.2) is 24.3 Å². The zero-order chi connectivity index (χ0) is 13.6. The molecule has 0 radical (unpaired) electrons. The maximum Gasteiger partial charge on any atom is 0.123 e. The summed E-state index contributed by atoms with van der Waals surface area (Å²) in [6.07, 6.45) is 2.34. The summed E-state index contributed by atoms with van der Waals surface area (Å²) in [6, 6.07) is 6.84. The zero-order valence-electron chi connectivity index (χ0n) is 11.5. The van der Waals surface area contributed by atoms with Gasteiger partial charge in [0, 0.05) is 12.6 Å². The van der Waals surface area contributed by atoms with Gasteiger partial charge in [0.1, 0.15) is 5.82 Å². The van der Waals surface area contributed by atoms with E-state index in [4.69, 9.17) is 0 Å². The second-order valence-corrected chi connectivity index (χ2v) is 5.04. The second kappa shape index (κ2) is 6.86. The summed E-state index contributed by atoms with van der Waals surface area (Å²) in [5.74, 6) is -0.203. The van der Waals surface area contributed by atoms with E-state index in [1.165, 1.54) is 12.1 Å². The highest BCUT2D eigenvalue weighted by Crippen LogP contribution is 2.13. The lowest BCUT2D eigenvalue weighted by Crippen LogP contribution is -2.43. The number of hydrogen-bond donors (Lipinski definition) is 2. The second-order valence-electron chi connectivity index (χ2n) is 5.04. The molecule has 0 aliphatic rings. The third kappa shape index (κ3) is 4.75. The third-order valence-corrected chi connectivity index (χ3v) is 3.55. The molecule has 1 aromatic carbocycles. The van der Waals surface area contributed by atoms with E-state index in [-0.39, 0.29) is 11.9 Å². The van der Waals surface area contributed by atoms with Crippen molar-refractivity contribution >= 4 is 0 Å². The van der Waals surface area contributed by atoms with Crippen molar-refractivity contribution in [3.8, 4) is 0 Å². The summed E-state index contributed by atoms with van der Waals surface area (Å²) in [4.78, 5) is 0. The Hall–Kier alpha value is -0.930. The van der Waals surface area contributed by atoms with E-state index in [0.717, 1.165) is 24.8 Å². The SMILES string of the molecule is CCC(O)(CC)CNC(C)Cc1ccc(F)cc1. The van der Waals surface area contributed by atoms with E-state index in [0.29, 0.717) is 6.54 Å². The largest absolute Gasteiger partial charge is 0.389 e. The molecule has 0 fully saturated rings. The monoisotopic (exact) mass is 253 g/mol. The normalized spacial score (nSPS) is 13.6. The fourth-order valence-corrected chi connectivity index (χ4v) is 1.91. The van der Waals surface area contributed by atoms with Gasteiger partial charge in [0.2, 0.25) is 0 Å². The highest BCUT2D eigenvalue weighted by molar-refractivity contribution is 5.17. The summed E-state index contributed by atoms with van der Waals surface area (Å²) in [5.41, 5.74) is 0.491. The molecule has 0 aromatic heterocycles. The lowest BCUT2D eigenvalue weighted by Gasteiger charge is -2.27. The van der Waals surface area contributed by atoms with E-state index < -0.39 is 5.60 Å². The molecule has 18 heavy (non-hydrogen) atoms. The zero-order valence-corrected chi connectivity index (χ0v) is 11.5. The van der Waals surface area contributed by atoms with Gasteiger partial charge < -0.3 is 10.4 Å². The maximum atomic E-state index is 12.8. The van der Waals surface area contributed by atoms with Gasteiger partial charge in [0.15, 0.2) is 0 Å². The Balaban J connectivity index is 2.42. The minimum absolute atomic E-state index is 0.203. The summed E-state index contributed by atoms with van der Waals surface area (Å²) in [7, 11) is 0. The molecular weight excluding hydrogens is 229 g/mol. The summed E-state index contributed by atoms with van der Waals surface area (Å²) < 4.78 is 12.8. The predicted octanol–water partition coefficient (Wildman–Crippen LogP) is 2.90. The molecule has 1 aromatic rings. The molecule has 2 N–H and O–H groups in total. The molecule has 0 saturated heterocycles. The lowest BCUT2D eigenvalue weighted by atomic mass is 9.97.